The SMILES string of the molecule is CC(c1ccccc1)N1COc2c(cc(CSc3ccccc3)c3cccnc23)C1. The Morgan fingerprint density at radius 3 is 2.57 bits per heavy atom. The second-order valence-electron chi connectivity index (χ2n) is 7.63. The molecule has 4 aromatic rings. The van der Waals surface area contributed by atoms with Crippen LogP contribution in [0.4, 0.5) is 0 Å². The van der Waals surface area contributed by atoms with E-state index in [1.54, 1.807) is 0 Å². The molecule has 30 heavy (non-hydrogen) atoms. The first-order valence-corrected chi connectivity index (χ1v) is 11.3. The molecule has 5 rings (SSSR count). The topological polar surface area (TPSA) is 25.4 Å². The number of hydrogen-bond donors (Lipinski definition) is 0. The van der Waals surface area contributed by atoms with E-state index in [2.05, 4.69) is 89.6 Å². The van der Waals surface area contributed by atoms with E-state index >= 15 is 0 Å². The van der Waals surface area contributed by atoms with Gasteiger partial charge in [-0.05, 0) is 42.3 Å². The van der Waals surface area contributed by atoms with Crippen molar-refractivity contribution in [3.8, 4) is 5.75 Å². The Kier molecular flexibility index (Phi) is 5.43. The third-order valence-corrected chi connectivity index (χ3v) is 6.79. The maximum absolute atomic E-state index is 6.27. The molecule has 0 saturated carbocycles. The van der Waals surface area contributed by atoms with Crippen LogP contribution in [0.3, 0.4) is 0 Å². The summed E-state index contributed by atoms with van der Waals surface area (Å²) in [5.74, 6) is 1.85. The highest BCUT2D eigenvalue weighted by atomic mass is 32.2. The molecule has 3 nitrogen and oxygen atoms in total. The summed E-state index contributed by atoms with van der Waals surface area (Å²) in [6.45, 7) is 3.68. The standard InChI is InChI=1S/C26H24N2OS/c1-19(20-9-4-2-5-10-20)28-16-21-15-22(17-30-23-11-6-3-7-12-23)24-13-8-14-27-25(24)26(21)29-18-28/h2-15,19H,16-18H2,1H3. The third-order valence-electron chi connectivity index (χ3n) is 5.72. The summed E-state index contributed by atoms with van der Waals surface area (Å²) >= 11 is 1.86. The molecular formula is C26H24N2OS. The van der Waals surface area contributed by atoms with Gasteiger partial charge in [-0.15, -0.1) is 11.8 Å². The fourth-order valence-corrected chi connectivity index (χ4v) is 4.94. The average Bonchev–Trinajstić information content (AvgIpc) is 2.83. The Balaban J connectivity index is 1.47. The van der Waals surface area contributed by atoms with Gasteiger partial charge >= 0.3 is 0 Å². The van der Waals surface area contributed by atoms with Crippen LogP contribution in [0.2, 0.25) is 0 Å². The highest BCUT2D eigenvalue weighted by molar-refractivity contribution is 7.98. The summed E-state index contributed by atoms with van der Waals surface area (Å²) in [6, 6.07) is 28.0. The molecular weight excluding hydrogens is 388 g/mol. The molecule has 0 saturated heterocycles. The van der Waals surface area contributed by atoms with Crippen molar-refractivity contribution < 1.29 is 4.74 Å². The van der Waals surface area contributed by atoms with E-state index in [1.807, 2.05) is 24.0 Å². The second kappa shape index (κ2) is 8.50. The molecule has 1 atom stereocenters. The zero-order valence-corrected chi connectivity index (χ0v) is 17.8. The van der Waals surface area contributed by atoms with E-state index in [-0.39, 0.29) is 0 Å². The number of benzene rings is 3. The molecule has 0 amide bonds. The number of pyridine rings is 1. The number of hydrogen-bond acceptors (Lipinski definition) is 4. The average molecular weight is 413 g/mol. The predicted molar refractivity (Wildman–Crippen MR) is 124 cm³/mol. The number of ether oxygens (including phenoxy) is 1. The van der Waals surface area contributed by atoms with Crippen LogP contribution in [0.15, 0.2) is 90.0 Å². The Bertz CT molecular complexity index is 1150. The Morgan fingerprint density at radius 2 is 1.77 bits per heavy atom. The fraction of sp³-hybridized carbons (Fsp3) is 0.192. The first kappa shape index (κ1) is 19.2. The van der Waals surface area contributed by atoms with Gasteiger partial charge in [0.25, 0.3) is 0 Å². The number of nitrogens with zero attached hydrogens (tertiary/aromatic N) is 2. The molecule has 1 unspecified atom stereocenters. The molecule has 0 N–H and O–H groups in total. The molecule has 4 heteroatoms. The van der Waals surface area contributed by atoms with Crippen LogP contribution in [0.5, 0.6) is 5.75 Å². The van der Waals surface area contributed by atoms with Crippen molar-refractivity contribution in [2.45, 2.75) is 30.2 Å². The predicted octanol–water partition coefficient (Wildman–Crippen LogP) is 6.44. The summed E-state index contributed by atoms with van der Waals surface area (Å²) in [5, 5.41) is 1.18. The minimum atomic E-state index is 0.293. The molecule has 1 aliphatic heterocycles. The van der Waals surface area contributed by atoms with E-state index in [9.17, 15) is 0 Å². The van der Waals surface area contributed by atoms with E-state index in [0.717, 1.165) is 23.6 Å². The van der Waals surface area contributed by atoms with Crippen molar-refractivity contribution in [1.82, 2.24) is 9.88 Å². The molecule has 1 aliphatic rings. The Morgan fingerprint density at radius 1 is 1.00 bits per heavy atom. The third kappa shape index (κ3) is 3.81. The largest absolute Gasteiger partial charge is 0.475 e. The van der Waals surface area contributed by atoms with Gasteiger partial charge < -0.3 is 4.74 Å². The second-order valence-corrected chi connectivity index (χ2v) is 8.68. The molecule has 0 fully saturated rings. The van der Waals surface area contributed by atoms with Crippen LogP contribution in [-0.4, -0.2) is 16.6 Å². The summed E-state index contributed by atoms with van der Waals surface area (Å²) in [7, 11) is 0. The maximum Gasteiger partial charge on any atom is 0.152 e. The van der Waals surface area contributed by atoms with Crippen molar-refractivity contribution in [3.63, 3.8) is 0 Å². The van der Waals surface area contributed by atoms with Gasteiger partial charge in [-0.25, -0.2) is 0 Å². The van der Waals surface area contributed by atoms with E-state index in [0.29, 0.717) is 12.8 Å². The quantitative estimate of drug-likeness (QED) is 0.352. The van der Waals surface area contributed by atoms with Crippen LogP contribution >= 0.6 is 11.8 Å². The van der Waals surface area contributed by atoms with Gasteiger partial charge in [0, 0.05) is 40.4 Å². The van der Waals surface area contributed by atoms with Gasteiger partial charge in [0.2, 0.25) is 0 Å². The molecule has 1 aromatic heterocycles. The summed E-state index contributed by atoms with van der Waals surface area (Å²) < 4.78 is 6.27. The zero-order chi connectivity index (χ0) is 20.3. The molecule has 0 aliphatic carbocycles. The molecule has 0 radical (unpaired) electrons. The van der Waals surface area contributed by atoms with E-state index in [4.69, 9.17) is 4.74 Å². The van der Waals surface area contributed by atoms with Crippen LogP contribution in [-0.2, 0) is 12.3 Å². The molecule has 2 heterocycles. The van der Waals surface area contributed by atoms with Crippen molar-refractivity contribution in [2.75, 3.05) is 6.73 Å². The Hall–Kier alpha value is -2.82. The number of rotatable bonds is 5. The van der Waals surface area contributed by atoms with Crippen molar-refractivity contribution in [2.24, 2.45) is 0 Å². The zero-order valence-electron chi connectivity index (χ0n) is 17.0. The maximum atomic E-state index is 6.27. The first-order valence-electron chi connectivity index (χ1n) is 10.3. The minimum absolute atomic E-state index is 0.293. The highest BCUT2D eigenvalue weighted by Crippen LogP contribution is 2.38. The molecule has 3 aromatic carbocycles. The minimum Gasteiger partial charge on any atom is -0.475 e. The van der Waals surface area contributed by atoms with Crippen molar-refractivity contribution >= 4 is 22.7 Å². The summed E-state index contributed by atoms with van der Waals surface area (Å²) in [6.07, 6.45) is 1.86. The van der Waals surface area contributed by atoms with Gasteiger partial charge in [-0.2, -0.15) is 0 Å². The molecule has 0 spiro atoms. The number of aromatic nitrogens is 1. The van der Waals surface area contributed by atoms with Gasteiger partial charge in [-0.1, -0.05) is 54.6 Å². The Labute approximate surface area is 181 Å². The number of thioether (sulfide) groups is 1. The lowest BCUT2D eigenvalue weighted by Crippen LogP contribution is -2.34. The van der Waals surface area contributed by atoms with E-state index < -0.39 is 0 Å². The number of fused-ring (bicyclic) bond motifs is 3. The summed E-state index contributed by atoms with van der Waals surface area (Å²) in [4.78, 5) is 8.34. The smallest absolute Gasteiger partial charge is 0.152 e. The van der Waals surface area contributed by atoms with Crippen LogP contribution in [0, 0.1) is 0 Å². The fourth-order valence-electron chi connectivity index (χ4n) is 4.03. The monoisotopic (exact) mass is 412 g/mol. The van der Waals surface area contributed by atoms with Crippen LogP contribution in [0.25, 0.3) is 10.9 Å². The van der Waals surface area contributed by atoms with Gasteiger partial charge in [-0.3, -0.25) is 9.88 Å². The molecule has 150 valence electrons. The van der Waals surface area contributed by atoms with Crippen LogP contribution in [0.1, 0.15) is 29.7 Å². The van der Waals surface area contributed by atoms with Gasteiger partial charge in [0.15, 0.2) is 5.75 Å². The first-order chi connectivity index (χ1) is 14.8. The summed E-state index contributed by atoms with van der Waals surface area (Å²) in [5.41, 5.74) is 4.82. The highest BCUT2D eigenvalue weighted by Gasteiger charge is 2.25. The van der Waals surface area contributed by atoms with E-state index in [1.165, 1.54) is 27.0 Å². The normalized spacial score (nSPS) is 14.8. The van der Waals surface area contributed by atoms with Crippen molar-refractivity contribution in [1.29, 1.82) is 0 Å². The van der Waals surface area contributed by atoms with Gasteiger partial charge in [0.05, 0.1) is 0 Å². The molecule has 0 bridgehead atoms. The van der Waals surface area contributed by atoms with Gasteiger partial charge in [0.1, 0.15) is 12.2 Å². The van der Waals surface area contributed by atoms with Crippen LogP contribution < -0.4 is 4.74 Å². The van der Waals surface area contributed by atoms with Crippen molar-refractivity contribution in [3.05, 3.63) is 102 Å². The lowest BCUT2D eigenvalue weighted by molar-refractivity contribution is 0.0629. The lowest BCUT2D eigenvalue weighted by atomic mass is 10.0. The lowest BCUT2D eigenvalue weighted by Gasteiger charge is -2.34.